The molecule has 0 amide bonds. The lowest BCUT2D eigenvalue weighted by Crippen LogP contribution is -2.33. The highest BCUT2D eigenvalue weighted by molar-refractivity contribution is 4.78. The first-order chi connectivity index (χ1) is 5.61. The van der Waals surface area contributed by atoms with Crippen LogP contribution in [0.2, 0.25) is 0 Å². The molecule has 0 saturated heterocycles. The maximum atomic E-state index is 2.39. The van der Waals surface area contributed by atoms with Crippen molar-refractivity contribution in [3.05, 3.63) is 0 Å². The Morgan fingerprint density at radius 2 is 1.50 bits per heavy atom. The highest BCUT2D eigenvalue weighted by Crippen LogP contribution is 2.31. The second-order valence-electron chi connectivity index (χ2n) is 4.78. The van der Waals surface area contributed by atoms with E-state index < -0.39 is 0 Å². The third-order valence-corrected chi connectivity index (χ3v) is 3.41. The van der Waals surface area contributed by atoms with Gasteiger partial charge in [0.05, 0.1) is 0 Å². The molecule has 0 N–H and O–H groups in total. The van der Waals surface area contributed by atoms with E-state index in [4.69, 9.17) is 0 Å². The Hall–Kier alpha value is -0.0400. The van der Waals surface area contributed by atoms with Gasteiger partial charge in [0.1, 0.15) is 0 Å². The van der Waals surface area contributed by atoms with Crippen LogP contribution in [0.5, 0.6) is 0 Å². The smallest absolute Gasteiger partial charge is 0.00893 e. The van der Waals surface area contributed by atoms with E-state index in [0.717, 1.165) is 17.9 Å². The summed E-state index contributed by atoms with van der Waals surface area (Å²) in [5, 5.41) is 0. The molecule has 0 atom stereocenters. The molecule has 1 aliphatic rings. The molecule has 12 heavy (non-hydrogen) atoms. The molecule has 0 aliphatic heterocycles. The third kappa shape index (κ3) is 2.48. The Bertz CT molecular complexity index is 105. The molecule has 1 saturated carbocycles. The molecule has 0 aromatic rings. The zero-order valence-electron chi connectivity index (χ0n) is 9.01. The van der Waals surface area contributed by atoms with Crippen LogP contribution in [0.4, 0.5) is 0 Å². The van der Waals surface area contributed by atoms with Gasteiger partial charge in [-0.05, 0) is 51.6 Å². The van der Waals surface area contributed by atoms with Gasteiger partial charge in [-0.15, -0.1) is 0 Å². The molecule has 1 aliphatic carbocycles. The summed E-state index contributed by atoms with van der Waals surface area (Å²) in [6.45, 7) is 4.72. The largest absolute Gasteiger partial charge is 0.306 e. The van der Waals surface area contributed by atoms with E-state index in [0.29, 0.717) is 0 Å². The molecule has 0 bridgehead atoms. The average molecular weight is 169 g/mol. The normalized spacial score (nSPS) is 31.5. The van der Waals surface area contributed by atoms with Crippen molar-refractivity contribution in [2.45, 2.75) is 45.6 Å². The van der Waals surface area contributed by atoms with E-state index in [-0.39, 0.29) is 0 Å². The number of nitrogens with zero attached hydrogens (tertiary/aromatic N) is 1. The Morgan fingerprint density at radius 3 is 1.83 bits per heavy atom. The Labute approximate surface area is 77.1 Å². The van der Waals surface area contributed by atoms with Crippen molar-refractivity contribution in [1.82, 2.24) is 4.90 Å². The summed E-state index contributed by atoms with van der Waals surface area (Å²) in [4.78, 5) is 2.39. The summed E-state index contributed by atoms with van der Waals surface area (Å²) in [5.41, 5.74) is 0. The summed E-state index contributed by atoms with van der Waals surface area (Å²) in [6, 6.07) is 0.861. The van der Waals surface area contributed by atoms with Gasteiger partial charge in [0.2, 0.25) is 0 Å². The minimum atomic E-state index is 0.861. The summed E-state index contributed by atoms with van der Waals surface area (Å²) >= 11 is 0. The lowest BCUT2D eigenvalue weighted by atomic mass is 9.79. The van der Waals surface area contributed by atoms with Crippen molar-refractivity contribution in [1.29, 1.82) is 0 Å². The van der Waals surface area contributed by atoms with Crippen LogP contribution in [-0.4, -0.2) is 25.0 Å². The van der Waals surface area contributed by atoms with Crippen LogP contribution in [0, 0.1) is 11.8 Å². The molecule has 0 unspecified atom stereocenters. The maximum absolute atomic E-state index is 2.39. The van der Waals surface area contributed by atoms with Crippen LogP contribution in [0.25, 0.3) is 0 Å². The van der Waals surface area contributed by atoms with Crippen LogP contribution in [0.3, 0.4) is 0 Å². The summed E-state index contributed by atoms with van der Waals surface area (Å²) in [6.07, 6.45) is 5.72. The maximum Gasteiger partial charge on any atom is 0.00893 e. The van der Waals surface area contributed by atoms with Crippen LogP contribution in [0.1, 0.15) is 39.5 Å². The van der Waals surface area contributed by atoms with E-state index in [1.807, 2.05) is 0 Å². The van der Waals surface area contributed by atoms with Crippen LogP contribution < -0.4 is 0 Å². The van der Waals surface area contributed by atoms with Gasteiger partial charge >= 0.3 is 0 Å². The fourth-order valence-electron chi connectivity index (χ4n) is 2.28. The van der Waals surface area contributed by atoms with Gasteiger partial charge in [-0.2, -0.15) is 0 Å². The van der Waals surface area contributed by atoms with Crippen molar-refractivity contribution < 1.29 is 0 Å². The molecular weight excluding hydrogens is 146 g/mol. The van der Waals surface area contributed by atoms with Gasteiger partial charge in [-0.3, -0.25) is 0 Å². The topological polar surface area (TPSA) is 3.24 Å². The first kappa shape index (κ1) is 10.0. The van der Waals surface area contributed by atoms with Gasteiger partial charge in [-0.1, -0.05) is 13.8 Å². The number of rotatable bonds is 2. The van der Waals surface area contributed by atoms with Gasteiger partial charge in [0.15, 0.2) is 0 Å². The van der Waals surface area contributed by atoms with Gasteiger partial charge in [0.25, 0.3) is 0 Å². The van der Waals surface area contributed by atoms with Crippen molar-refractivity contribution in [3.63, 3.8) is 0 Å². The number of hydrogen-bond donors (Lipinski definition) is 0. The molecule has 72 valence electrons. The fourth-order valence-corrected chi connectivity index (χ4v) is 2.28. The Morgan fingerprint density at radius 1 is 1.00 bits per heavy atom. The van der Waals surface area contributed by atoms with Gasteiger partial charge in [0, 0.05) is 6.04 Å². The van der Waals surface area contributed by atoms with Crippen molar-refractivity contribution in [2.75, 3.05) is 14.1 Å². The SMILES string of the molecule is CC(C)[C@H]1CC[C@@H](N(C)C)CC1. The molecule has 1 fully saturated rings. The van der Waals surface area contributed by atoms with Crippen molar-refractivity contribution >= 4 is 0 Å². The van der Waals surface area contributed by atoms with Crippen molar-refractivity contribution in [3.8, 4) is 0 Å². The molecule has 1 nitrogen and oxygen atoms in total. The predicted molar refractivity (Wildman–Crippen MR) is 54.3 cm³/mol. The lowest BCUT2D eigenvalue weighted by molar-refractivity contribution is 0.169. The first-order valence-corrected chi connectivity index (χ1v) is 5.27. The second-order valence-corrected chi connectivity index (χ2v) is 4.78. The molecule has 0 heterocycles. The second kappa shape index (κ2) is 4.27. The minimum Gasteiger partial charge on any atom is -0.306 e. The zero-order chi connectivity index (χ0) is 9.14. The van der Waals surface area contributed by atoms with Crippen LogP contribution >= 0.6 is 0 Å². The standard InChI is InChI=1S/C11H23N/c1-9(2)10-5-7-11(8-6-10)12(3)4/h9-11H,5-8H2,1-4H3/t10-,11+. The fraction of sp³-hybridized carbons (Fsp3) is 1.00. The molecule has 1 rings (SSSR count). The van der Waals surface area contributed by atoms with Crippen molar-refractivity contribution in [2.24, 2.45) is 11.8 Å². The molecular formula is C11H23N. The van der Waals surface area contributed by atoms with Crippen LogP contribution in [-0.2, 0) is 0 Å². The predicted octanol–water partition coefficient (Wildman–Crippen LogP) is 2.76. The van der Waals surface area contributed by atoms with Gasteiger partial charge < -0.3 is 4.90 Å². The van der Waals surface area contributed by atoms with E-state index in [9.17, 15) is 0 Å². The van der Waals surface area contributed by atoms with E-state index in [1.54, 1.807) is 0 Å². The van der Waals surface area contributed by atoms with E-state index in [1.165, 1.54) is 25.7 Å². The lowest BCUT2D eigenvalue weighted by Gasteiger charge is -2.34. The van der Waals surface area contributed by atoms with Gasteiger partial charge in [-0.25, -0.2) is 0 Å². The molecule has 1 heteroatoms. The van der Waals surface area contributed by atoms with E-state index >= 15 is 0 Å². The quantitative estimate of drug-likeness (QED) is 0.614. The first-order valence-electron chi connectivity index (χ1n) is 5.27. The van der Waals surface area contributed by atoms with Crippen LogP contribution in [0.15, 0.2) is 0 Å². The molecule has 0 spiro atoms. The average Bonchev–Trinajstić information content (AvgIpc) is 2.04. The Balaban J connectivity index is 2.30. The minimum absolute atomic E-state index is 0.861. The summed E-state index contributed by atoms with van der Waals surface area (Å²) in [7, 11) is 4.42. The zero-order valence-corrected chi connectivity index (χ0v) is 9.01. The number of hydrogen-bond acceptors (Lipinski definition) is 1. The highest BCUT2D eigenvalue weighted by Gasteiger charge is 2.23. The molecule has 0 radical (unpaired) electrons. The summed E-state index contributed by atoms with van der Waals surface area (Å²) < 4.78 is 0. The Kier molecular flexibility index (Phi) is 3.57. The molecule has 0 aromatic carbocycles. The van der Waals surface area contributed by atoms with E-state index in [2.05, 4.69) is 32.8 Å². The monoisotopic (exact) mass is 169 g/mol. The molecule has 0 aromatic heterocycles. The summed E-state index contributed by atoms with van der Waals surface area (Å²) in [5.74, 6) is 1.90. The third-order valence-electron chi connectivity index (χ3n) is 3.41. The highest BCUT2D eigenvalue weighted by atomic mass is 15.1.